The second-order valence-corrected chi connectivity index (χ2v) is 6.60. The number of benzene rings is 1. The number of hydrogen-bond acceptors (Lipinski definition) is 4. The van der Waals surface area contributed by atoms with E-state index in [1.807, 2.05) is 26.4 Å². The Kier molecular flexibility index (Phi) is 4.69. The minimum atomic E-state index is -0.541. The van der Waals surface area contributed by atoms with Crippen LogP contribution < -0.4 is 5.73 Å². The average molecular weight is 328 g/mol. The molecule has 24 heavy (non-hydrogen) atoms. The summed E-state index contributed by atoms with van der Waals surface area (Å²) in [6.07, 6.45) is 3.35. The summed E-state index contributed by atoms with van der Waals surface area (Å²) in [6.45, 7) is 6.12. The number of nitrogens with two attached hydrogens (primary N) is 1. The van der Waals surface area contributed by atoms with Crippen LogP contribution in [0.3, 0.4) is 0 Å². The van der Waals surface area contributed by atoms with Crippen molar-refractivity contribution in [1.29, 1.82) is 0 Å². The van der Waals surface area contributed by atoms with Crippen LogP contribution in [0.25, 0.3) is 11.1 Å². The van der Waals surface area contributed by atoms with E-state index in [9.17, 15) is 4.79 Å². The molecule has 6 nitrogen and oxygen atoms in total. The molecular formula is C18H24N4O2. The zero-order valence-electron chi connectivity index (χ0n) is 14.4. The van der Waals surface area contributed by atoms with Crippen LogP contribution in [0.2, 0.25) is 0 Å². The molecule has 2 heterocycles. The first-order valence-electron chi connectivity index (χ1n) is 8.18. The first-order valence-corrected chi connectivity index (χ1v) is 8.18. The van der Waals surface area contributed by atoms with E-state index >= 15 is 0 Å². The molecule has 0 spiro atoms. The third-order valence-electron chi connectivity index (χ3n) is 4.33. The Hall–Kier alpha value is -2.18. The number of nitrogens with zero attached hydrogens (tertiary/aromatic N) is 3. The monoisotopic (exact) mass is 328 g/mol. The average Bonchev–Trinajstić information content (AvgIpc) is 2.95. The third kappa shape index (κ3) is 3.66. The second kappa shape index (κ2) is 6.75. The Morgan fingerprint density at radius 2 is 2.21 bits per heavy atom. The van der Waals surface area contributed by atoms with E-state index in [0.29, 0.717) is 6.54 Å². The van der Waals surface area contributed by atoms with E-state index in [1.165, 1.54) is 16.7 Å². The first kappa shape index (κ1) is 16.7. The minimum absolute atomic E-state index is 0.0106. The Balaban J connectivity index is 1.86. The summed E-state index contributed by atoms with van der Waals surface area (Å²) in [5.74, 6) is -0.400. The number of aromatic nitrogens is 2. The Morgan fingerprint density at radius 3 is 2.88 bits per heavy atom. The molecule has 1 aliphatic heterocycles. The number of rotatable bonds is 4. The SMILES string of the molecule is Cc1ccc(CN2C[C@@H](C)O[C@@H](C(N)=O)C2)c(-c2cnn(C)c2)c1. The molecule has 2 atom stereocenters. The van der Waals surface area contributed by atoms with Crippen LogP contribution in [0.15, 0.2) is 30.6 Å². The molecule has 0 aliphatic carbocycles. The number of carbonyl (C=O) groups is 1. The first-order chi connectivity index (χ1) is 11.4. The maximum Gasteiger partial charge on any atom is 0.247 e. The smallest absolute Gasteiger partial charge is 0.247 e. The fraction of sp³-hybridized carbons (Fsp3) is 0.444. The summed E-state index contributed by atoms with van der Waals surface area (Å²) in [7, 11) is 1.92. The van der Waals surface area contributed by atoms with Crippen molar-refractivity contribution >= 4 is 5.91 Å². The van der Waals surface area contributed by atoms with Crippen molar-refractivity contribution in [3.8, 4) is 11.1 Å². The van der Waals surface area contributed by atoms with Gasteiger partial charge in [0.15, 0.2) is 0 Å². The number of hydrogen-bond donors (Lipinski definition) is 1. The standard InChI is InChI=1S/C18H24N4O2/c1-12-4-5-14(16(6-12)15-7-20-21(3)9-15)10-22-8-13(2)24-17(11-22)18(19)23/h4-7,9,13,17H,8,10-11H2,1-3H3,(H2,19,23)/t13-,17-/m1/s1. The molecule has 0 radical (unpaired) electrons. The number of carbonyl (C=O) groups excluding carboxylic acids is 1. The minimum Gasteiger partial charge on any atom is -0.367 e. The van der Waals surface area contributed by atoms with Crippen LogP contribution in [0.5, 0.6) is 0 Å². The molecule has 1 saturated heterocycles. The molecule has 1 aliphatic rings. The molecule has 3 rings (SSSR count). The van der Waals surface area contributed by atoms with Crippen molar-refractivity contribution in [2.45, 2.75) is 32.6 Å². The summed E-state index contributed by atoms with van der Waals surface area (Å²) in [4.78, 5) is 13.7. The van der Waals surface area contributed by atoms with Crippen molar-refractivity contribution in [2.75, 3.05) is 13.1 Å². The van der Waals surface area contributed by atoms with Gasteiger partial charge in [0.1, 0.15) is 6.10 Å². The molecule has 1 aromatic heterocycles. The molecule has 0 bridgehead atoms. The van der Waals surface area contributed by atoms with Gasteiger partial charge in [0, 0.05) is 38.4 Å². The zero-order valence-corrected chi connectivity index (χ0v) is 14.4. The van der Waals surface area contributed by atoms with Crippen LogP contribution in [0.1, 0.15) is 18.1 Å². The number of aryl methyl sites for hydroxylation is 2. The Morgan fingerprint density at radius 1 is 1.42 bits per heavy atom. The molecule has 1 fully saturated rings. The molecular weight excluding hydrogens is 304 g/mol. The van der Waals surface area contributed by atoms with Crippen molar-refractivity contribution in [3.63, 3.8) is 0 Å². The van der Waals surface area contributed by atoms with Gasteiger partial charge in [-0.15, -0.1) is 0 Å². The van der Waals surface area contributed by atoms with Crippen molar-refractivity contribution < 1.29 is 9.53 Å². The van der Waals surface area contributed by atoms with Crippen LogP contribution in [-0.4, -0.2) is 45.9 Å². The lowest BCUT2D eigenvalue weighted by molar-refractivity contribution is -0.142. The van der Waals surface area contributed by atoms with Gasteiger partial charge < -0.3 is 10.5 Å². The van der Waals surface area contributed by atoms with Crippen molar-refractivity contribution in [1.82, 2.24) is 14.7 Å². The van der Waals surface area contributed by atoms with Gasteiger partial charge in [-0.1, -0.05) is 23.8 Å². The summed E-state index contributed by atoms with van der Waals surface area (Å²) >= 11 is 0. The second-order valence-electron chi connectivity index (χ2n) is 6.60. The fourth-order valence-electron chi connectivity index (χ4n) is 3.22. The van der Waals surface area contributed by atoms with E-state index in [-0.39, 0.29) is 6.10 Å². The molecule has 2 N–H and O–H groups in total. The van der Waals surface area contributed by atoms with Gasteiger partial charge in [-0.25, -0.2) is 0 Å². The van der Waals surface area contributed by atoms with Crippen LogP contribution >= 0.6 is 0 Å². The maximum absolute atomic E-state index is 11.5. The number of ether oxygens (including phenoxy) is 1. The highest BCUT2D eigenvalue weighted by Gasteiger charge is 2.29. The van der Waals surface area contributed by atoms with E-state index in [4.69, 9.17) is 10.5 Å². The number of morpholine rings is 1. The third-order valence-corrected chi connectivity index (χ3v) is 4.33. The zero-order chi connectivity index (χ0) is 17.3. The number of primary amides is 1. The molecule has 6 heteroatoms. The lowest BCUT2D eigenvalue weighted by atomic mass is 9.99. The quantitative estimate of drug-likeness (QED) is 0.922. The van der Waals surface area contributed by atoms with Gasteiger partial charge in [0.05, 0.1) is 12.3 Å². The van der Waals surface area contributed by atoms with Crippen LogP contribution in [0.4, 0.5) is 0 Å². The van der Waals surface area contributed by atoms with Crippen LogP contribution in [0, 0.1) is 6.92 Å². The molecule has 0 saturated carbocycles. The predicted molar refractivity (Wildman–Crippen MR) is 92.2 cm³/mol. The summed E-state index contributed by atoms with van der Waals surface area (Å²) in [5.41, 5.74) is 10.1. The van der Waals surface area contributed by atoms with Gasteiger partial charge in [-0.2, -0.15) is 5.10 Å². The van der Waals surface area contributed by atoms with E-state index < -0.39 is 12.0 Å². The van der Waals surface area contributed by atoms with Gasteiger partial charge in [-0.05, 0) is 25.0 Å². The van der Waals surface area contributed by atoms with E-state index in [0.717, 1.165) is 18.7 Å². The van der Waals surface area contributed by atoms with Gasteiger partial charge in [0.25, 0.3) is 0 Å². The highest BCUT2D eigenvalue weighted by Crippen LogP contribution is 2.26. The highest BCUT2D eigenvalue weighted by atomic mass is 16.5. The highest BCUT2D eigenvalue weighted by molar-refractivity contribution is 5.79. The molecule has 1 amide bonds. The molecule has 128 valence electrons. The molecule has 0 unspecified atom stereocenters. The predicted octanol–water partition coefficient (Wildman–Crippen LogP) is 1.47. The van der Waals surface area contributed by atoms with Crippen LogP contribution in [-0.2, 0) is 23.1 Å². The van der Waals surface area contributed by atoms with Gasteiger partial charge in [-0.3, -0.25) is 14.4 Å². The van der Waals surface area contributed by atoms with Crippen molar-refractivity contribution in [3.05, 3.63) is 41.7 Å². The topological polar surface area (TPSA) is 73.4 Å². The Labute approximate surface area is 142 Å². The normalized spacial score (nSPS) is 21.8. The lowest BCUT2D eigenvalue weighted by Gasteiger charge is -2.35. The van der Waals surface area contributed by atoms with Gasteiger partial charge >= 0.3 is 0 Å². The van der Waals surface area contributed by atoms with E-state index in [1.54, 1.807) is 4.68 Å². The molecule has 1 aromatic carbocycles. The fourth-order valence-corrected chi connectivity index (χ4v) is 3.22. The number of amides is 1. The Bertz CT molecular complexity index is 740. The van der Waals surface area contributed by atoms with E-state index in [2.05, 4.69) is 35.1 Å². The summed E-state index contributed by atoms with van der Waals surface area (Å²) < 4.78 is 7.43. The largest absolute Gasteiger partial charge is 0.367 e. The van der Waals surface area contributed by atoms with Crippen molar-refractivity contribution in [2.24, 2.45) is 12.8 Å². The molecule has 2 aromatic rings. The van der Waals surface area contributed by atoms with Gasteiger partial charge in [0.2, 0.25) is 5.91 Å². The summed E-state index contributed by atoms with van der Waals surface area (Å²) in [5, 5.41) is 4.28. The maximum atomic E-state index is 11.5. The summed E-state index contributed by atoms with van der Waals surface area (Å²) in [6, 6.07) is 6.45. The lowest BCUT2D eigenvalue weighted by Crippen LogP contribution is -2.51.